The number of amides is 1. The van der Waals surface area contributed by atoms with Crippen LogP contribution in [0.1, 0.15) is 46.7 Å². The fourth-order valence-electron chi connectivity index (χ4n) is 3.27. The average molecular weight is 385 g/mol. The first kappa shape index (κ1) is 17.8. The van der Waals surface area contributed by atoms with Gasteiger partial charge in [0.05, 0.1) is 22.5 Å². The number of rotatable bonds is 4. The molecule has 0 bridgehead atoms. The maximum absolute atomic E-state index is 13.4. The van der Waals surface area contributed by atoms with Crippen LogP contribution in [0, 0.1) is 12.7 Å². The Morgan fingerprint density at radius 2 is 2.04 bits per heavy atom. The summed E-state index contributed by atoms with van der Waals surface area (Å²) in [5.41, 5.74) is 1.88. The van der Waals surface area contributed by atoms with E-state index in [9.17, 15) is 9.18 Å². The Balaban J connectivity index is 1.69. The molecule has 0 aliphatic carbocycles. The van der Waals surface area contributed by atoms with Crippen molar-refractivity contribution in [1.29, 1.82) is 0 Å². The standard InChI is InChI=1S/C19H20FN5OS/c1-11-7-15-17(27-11)16(18(26)25-5-3-4-6-25)24-19(23-15)22-12(2)13-8-14(20)10-21-9-13/h7-10,12H,3-6H2,1-2H3,(H,22,23,24)/t12-/m0/s1. The molecule has 0 radical (unpaired) electrons. The molecule has 4 rings (SSSR count). The van der Waals surface area contributed by atoms with E-state index in [1.165, 1.54) is 23.6 Å². The predicted octanol–water partition coefficient (Wildman–Crippen LogP) is 3.94. The molecule has 3 aromatic heterocycles. The number of aryl methyl sites for hydroxylation is 1. The van der Waals surface area contributed by atoms with E-state index in [2.05, 4.69) is 20.3 Å². The van der Waals surface area contributed by atoms with Crippen molar-refractivity contribution < 1.29 is 9.18 Å². The molecule has 1 aliphatic heterocycles. The van der Waals surface area contributed by atoms with Crippen LogP contribution in [-0.4, -0.2) is 38.8 Å². The molecule has 4 heterocycles. The van der Waals surface area contributed by atoms with Crippen LogP contribution in [0.15, 0.2) is 24.5 Å². The van der Waals surface area contributed by atoms with E-state index in [1.807, 2.05) is 24.8 Å². The van der Waals surface area contributed by atoms with E-state index >= 15 is 0 Å². The van der Waals surface area contributed by atoms with Gasteiger partial charge in [0, 0.05) is 24.2 Å². The molecule has 1 amide bonds. The number of anilines is 1. The summed E-state index contributed by atoms with van der Waals surface area (Å²) in [4.78, 5) is 28.9. The number of hydrogen-bond donors (Lipinski definition) is 1. The predicted molar refractivity (Wildman–Crippen MR) is 104 cm³/mol. The Morgan fingerprint density at radius 3 is 2.78 bits per heavy atom. The summed E-state index contributed by atoms with van der Waals surface area (Å²) < 4.78 is 14.3. The number of nitrogens with zero attached hydrogens (tertiary/aromatic N) is 4. The minimum absolute atomic E-state index is 0.0510. The lowest BCUT2D eigenvalue weighted by Crippen LogP contribution is -2.28. The summed E-state index contributed by atoms with van der Waals surface area (Å²) in [6.07, 6.45) is 4.82. The van der Waals surface area contributed by atoms with Gasteiger partial charge in [-0.3, -0.25) is 9.78 Å². The van der Waals surface area contributed by atoms with Crippen molar-refractivity contribution >= 4 is 33.4 Å². The van der Waals surface area contributed by atoms with E-state index in [-0.39, 0.29) is 11.9 Å². The van der Waals surface area contributed by atoms with Gasteiger partial charge in [-0.1, -0.05) is 0 Å². The third kappa shape index (κ3) is 3.62. The first-order valence-corrected chi connectivity index (χ1v) is 9.77. The van der Waals surface area contributed by atoms with Crippen LogP contribution in [0.25, 0.3) is 10.2 Å². The summed E-state index contributed by atoms with van der Waals surface area (Å²) in [7, 11) is 0. The third-order valence-corrected chi connectivity index (χ3v) is 5.71. The molecule has 0 spiro atoms. The number of pyridine rings is 1. The molecule has 1 aliphatic rings. The molecule has 1 atom stereocenters. The lowest BCUT2D eigenvalue weighted by atomic mass is 10.1. The molecule has 3 aromatic rings. The lowest BCUT2D eigenvalue weighted by Gasteiger charge is -2.17. The second-order valence-corrected chi connectivity index (χ2v) is 8.03. The fourth-order valence-corrected chi connectivity index (χ4v) is 4.20. The largest absolute Gasteiger partial charge is 0.348 e. The van der Waals surface area contributed by atoms with E-state index < -0.39 is 5.82 Å². The Labute approximate surface area is 160 Å². The maximum Gasteiger partial charge on any atom is 0.274 e. The first-order chi connectivity index (χ1) is 13.0. The van der Waals surface area contributed by atoms with Crippen molar-refractivity contribution in [2.45, 2.75) is 32.7 Å². The van der Waals surface area contributed by atoms with E-state index in [1.54, 1.807) is 6.20 Å². The molecule has 1 N–H and O–H groups in total. The lowest BCUT2D eigenvalue weighted by molar-refractivity contribution is 0.0789. The molecule has 1 fully saturated rings. The van der Waals surface area contributed by atoms with Crippen LogP contribution in [0.4, 0.5) is 10.3 Å². The molecule has 0 unspecified atom stereocenters. The molecule has 0 saturated carbocycles. The molecule has 27 heavy (non-hydrogen) atoms. The number of aromatic nitrogens is 3. The minimum atomic E-state index is -0.393. The summed E-state index contributed by atoms with van der Waals surface area (Å²) in [6, 6.07) is 3.14. The number of thiophene rings is 1. The smallest absolute Gasteiger partial charge is 0.274 e. The molecule has 6 nitrogen and oxygen atoms in total. The number of carbonyl (C=O) groups excluding carboxylic acids is 1. The van der Waals surface area contributed by atoms with Crippen molar-refractivity contribution in [3.63, 3.8) is 0 Å². The number of carbonyl (C=O) groups is 1. The van der Waals surface area contributed by atoms with Crippen molar-refractivity contribution in [3.05, 3.63) is 46.5 Å². The summed E-state index contributed by atoms with van der Waals surface area (Å²) in [5, 5.41) is 3.18. The SMILES string of the molecule is Cc1cc2nc(N[C@@H](C)c3cncc(F)c3)nc(C(=O)N3CCCC3)c2s1. The van der Waals surface area contributed by atoms with Gasteiger partial charge in [0.25, 0.3) is 5.91 Å². The Bertz CT molecular complexity index is 999. The van der Waals surface area contributed by atoms with Gasteiger partial charge in [0.1, 0.15) is 5.82 Å². The molecule has 140 valence electrons. The van der Waals surface area contributed by atoms with Gasteiger partial charge in [-0.2, -0.15) is 0 Å². The first-order valence-electron chi connectivity index (χ1n) is 8.95. The molecular weight excluding hydrogens is 365 g/mol. The summed E-state index contributed by atoms with van der Waals surface area (Å²) in [5.74, 6) is -0.0830. The van der Waals surface area contributed by atoms with Crippen LogP contribution in [-0.2, 0) is 0 Å². The zero-order valence-corrected chi connectivity index (χ0v) is 16.0. The van der Waals surface area contributed by atoms with Crippen LogP contribution < -0.4 is 5.32 Å². The second-order valence-electron chi connectivity index (χ2n) is 6.77. The fraction of sp³-hybridized carbons (Fsp3) is 0.368. The minimum Gasteiger partial charge on any atom is -0.348 e. The zero-order chi connectivity index (χ0) is 19.0. The summed E-state index contributed by atoms with van der Waals surface area (Å²) in [6.45, 7) is 5.40. The average Bonchev–Trinajstić information content (AvgIpc) is 3.29. The number of halogens is 1. The van der Waals surface area contributed by atoms with Gasteiger partial charge >= 0.3 is 0 Å². The molecular formula is C19H20FN5OS. The van der Waals surface area contributed by atoms with E-state index in [4.69, 9.17) is 0 Å². The molecule has 0 aromatic carbocycles. The highest BCUT2D eigenvalue weighted by atomic mass is 32.1. The quantitative estimate of drug-likeness (QED) is 0.736. The normalized spacial score (nSPS) is 15.3. The van der Waals surface area contributed by atoms with Crippen LogP contribution in [0.5, 0.6) is 0 Å². The van der Waals surface area contributed by atoms with Crippen LogP contribution in [0.3, 0.4) is 0 Å². The summed E-state index contributed by atoms with van der Waals surface area (Å²) >= 11 is 1.53. The third-order valence-electron chi connectivity index (χ3n) is 4.66. The second kappa shape index (κ2) is 7.19. The van der Waals surface area contributed by atoms with Gasteiger partial charge in [-0.05, 0) is 44.4 Å². The number of nitrogens with one attached hydrogen (secondary N) is 1. The van der Waals surface area contributed by atoms with Gasteiger partial charge < -0.3 is 10.2 Å². The monoisotopic (exact) mass is 385 g/mol. The van der Waals surface area contributed by atoms with Crippen molar-refractivity contribution in [3.8, 4) is 0 Å². The maximum atomic E-state index is 13.4. The topological polar surface area (TPSA) is 71.0 Å². The van der Waals surface area contributed by atoms with E-state index in [0.29, 0.717) is 17.2 Å². The van der Waals surface area contributed by atoms with Crippen molar-refractivity contribution in [2.75, 3.05) is 18.4 Å². The van der Waals surface area contributed by atoms with Gasteiger partial charge in [-0.25, -0.2) is 14.4 Å². The highest BCUT2D eigenvalue weighted by molar-refractivity contribution is 7.19. The Kier molecular flexibility index (Phi) is 4.73. The van der Waals surface area contributed by atoms with Crippen LogP contribution >= 0.6 is 11.3 Å². The Morgan fingerprint density at radius 1 is 1.26 bits per heavy atom. The van der Waals surface area contributed by atoms with Gasteiger partial charge in [-0.15, -0.1) is 11.3 Å². The zero-order valence-electron chi connectivity index (χ0n) is 15.2. The number of fused-ring (bicyclic) bond motifs is 1. The van der Waals surface area contributed by atoms with Crippen molar-refractivity contribution in [1.82, 2.24) is 19.9 Å². The number of likely N-dealkylation sites (tertiary alicyclic amines) is 1. The molecule has 8 heteroatoms. The van der Waals surface area contributed by atoms with Crippen molar-refractivity contribution in [2.24, 2.45) is 0 Å². The Hall–Kier alpha value is -2.61. The highest BCUT2D eigenvalue weighted by Gasteiger charge is 2.25. The van der Waals surface area contributed by atoms with Gasteiger partial charge in [0.2, 0.25) is 5.95 Å². The number of hydrogen-bond acceptors (Lipinski definition) is 6. The molecule has 1 saturated heterocycles. The van der Waals surface area contributed by atoms with Gasteiger partial charge in [0.15, 0.2) is 5.69 Å². The van der Waals surface area contributed by atoms with Crippen LogP contribution in [0.2, 0.25) is 0 Å². The van der Waals surface area contributed by atoms with E-state index in [0.717, 1.165) is 41.0 Å². The highest BCUT2D eigenvalue weighted by Crippen LogP contribution is 2.29.